The van der Waals surface area contributed by atoms with E-state index >= 15 is 4.39 Å². The highest BCUT2D eigenvalue weighted by Gasteiger charge is 2.46. The van der Waals surface area contributed by atoms with Crippen molar-refractivity contribution in [1.29, 1.82) is 0 Å². The van der Waals surface area contributed by atoms with Crippen LogP contribution in [0.2, 0.25) is 5.02 Å². The lowest BCUT2D eigenvalue weighted by Gasteiger charge is -2.43. The number of piperazine rings is 1. The minimum Gasteiger partial charge on any atom is -0.480 e. The van der Waals surface area contributed by atoms with E-state index in [0.29, 0.717) is 54.4 Å². The fourth-order valence-corrected chi connectivity index (χ4v) is 6.05. The average Bonchev–Trinajstić information content (AvgIpc) is 3.30. The number of aliphatic carboxylic acids is 1. The summed E-state index contributed by atoms with van der Waals surface area (Å²) >= 11 is 6.00. The van der Waals surface area contributed by atoms with Gasteiger partial charge in [0.2, 0.25) is 5.91 Å². The first kappa shape index (κ1) is 29.4. The predicted molar refractivity (Wildman–Crippen MR) is 148 cm³/mol. The molecular formula is C30H38ClF2N3O3. The van der Waals surface area contributed by atoms with Crippen LogP contribution < -0.4 is 0 Å². The van der Waals surface area contributed by atoms with Gasteiger partial charge >= 0.3 is 5.97 Å². The molecule has 2 heterocycles. The van der Waals surface area contributed by atoms with Crippen molar-refractivity contribution in [2.45, 2.75) is 64.6 Å². The van der Waals surface area contributed by atoms with Crippen molar-refractivity contribution in [3.8, 4) is 0 Å². The van der Waals surface area contributed by atoms with Gasteiger partial charge in [-0.2, -0.15) is 0 Å². The lowest BCUT2D eigenvalue weighted by atomic mass is 9.87. The number of carboxylic acids is 1. The molecule has 9 heteroatoms. The largest absolute Gasteiger partial charge is 0.480 e. The number of aryl methyl sites for hydroxylation is 1. The molecule has 2 fully saturated rings. The third-order valence-corrected chi connectivity index (χ3v) is 8.52. The molecule has 2 saturated heterocycles. The number of likely N-dealkylation sites (tertiary alicyclic amines) is 1. The van der Waals surface area contributed by atoms with Crippen molar-refractivity contribution in [2.75, 3.05) is 32.7 Å². The molecule has 2 aliphatic heterocycles. The fraction of sp³-hybridized carbons (Fsp3) is 0.533. The SMILES string of the molecule is Cc1ccc(C[C@@H](C(=O)O)N2CCN(C(=O)[C@@H]3CN(C(C)(C)C)C[C@H]3c3ccc(Cl)cc3F)[C@@H](C)C2)cc1F. The van der Waals surface area contributed by atoms with E-state index in [1.54, 1.807) is 31.2 Å². The molecule has 0 aromatic heterocycles. The summed E-state index contributed by atoms with van der Waals surface area (Å²) in [5.74, 6) is -2.52. The Morgan fingerprint density at radius 3 is 2.36 bits per heavy atom. The van der Waals surface area contributed by atoms with E-state index in [2.05, 4.69) is 25.7 Å². The van der Waals surface area contributed by atoms with Crippen molar-refractivity contribution >= 4 is 23.5 Å². The van der Waals surface area contributed by atoms with Gasteiger partial charge in [0.1, 0.15) is 17.7 Å². The van der Waals surface area contributed by atoms with E-state index in [9.17, 15) is 19.1 Å². The van der Waals surface area contributed by atoms with E-state index < -0.39 is 23.7 Å². The lowest BCUT2D eigenvalue weighted by molar-refractivity contribution is -0.147. The standard InChI is InChI=1S/C30H38ClF2N3O3/c1-18-6-7-20(12-25(18)32)13-27(29(38)39)34-10-11-36(19(2)15-34)28(37)24-17-35(30(3,4)5)16-23(24)22-9-8-21(31)14-26(22)33/h6-9,12,14,19,23-24,27H,10-11,13,15-17H2,1-5H3,(H,38,39)/t19-,23-,24+,27-/m0/s1. The van der Waals surface area contributed by atoms with E-state index in [1.165, 1.54) is 12.1 Å². The minimum absolute atomic E-state index is 0.0410. The molecule has 6 nitrogen and oxygen atoms in total. The van der Waals surface area contributed by atoms with Crippen LogP contribution in [0.3, 0.4) is 0 Å². The van der Waals surface area contributed by atoms with Crippen molar-refractivity contribution in [3.63, 3.8) is 0 Å². The van der Waals surface area contributed by atoms with Crippen LogP contribution in [0.4, 0.5) is 8.78 Å². The minimum atomic E-state index is -0.974. The number of hydrogen-bond donors (Lipinski definition) is 1. The third-order valence-electron chi connectivity index (χ3n) is 8.28. The summed E-state index contributed by atoms with van der Waals surface area (Å²) < 4.78 is 29.1. The van der Waals surface area contributed by atoms with Crippen LogP contribution in [0.25, 0.3) is 0 Å². The van der Waals surface area contributed by atoms with Crippen molar-refractivity contribution in [1.82, 2.24) is 14.7 Å². The zero-order valence-electron chi connectivity index (χ0n) is 23.3. The van der Waals surface area contributed by atoms with Gasteiger partial charge in [0.25, 0.3) is 0 Å². The Hall–Kier alpha value is -2.55. The molecular weight excluding hydrogens is 524 g/mol. The molecule has 0 aliphatic carbocycles. The molecule has 0 unspecified atom stereocenters. The molecule has 4 atom stereocenters. The molecule has 0 spiro atoms. The summed E-state index contributed by atoms with van der Waals surface area (Å²) in [7, 11) is 0. The molecule has 212 valence electrons. The Bertz CT molecular complexity index is 1230. The lowest BCUT2D eigenvalue weighted by Crippen LogP contribution is -2.59. The van der Waals surface area contributed by atoms with Crippen molar-refractivity contribution in [3.05, 3.63) is 69.7 Å². The van der Waals surface area contributed by atoms with Crippen molar-refractivity contribution < 1.29 is 23.5 Å². The van der Waals surface area contributed by atoms with Gasteiger partial charge in [-0.15, -0.1) is 0 Å². The summed E-state index contributed by atoms with van der Waals surface area (Å²) in [6.45, 7) is 12.1. The Kier molecular flexibility index (Phi) is 8.69. The number of rotatable bonds is 6. The molecule has 0 bridgehead atoms. The number of carboxylic acid groups (broad SMARTS) is 1. The van der Waals surface area contributed by atoms with Gasteiger partial charge in [-0.3, -0.25) is 19.4 Å². The van der Waals surface area contributed by atoms with Crippen LogP contribution in [-0.4, -0.2) is 82.0 Å². The number of hydrogen-bond acceptors (Lipinski definition) is 4. The van der Waals surface area contributed by atoms with E-state index in [-0.39, 0.29) is 35.6 Å². The highest BCUT2D eigenvalue weighted by atomic mass is 35.5. The third kappa shape index (κ3) is 6.44. The van der Waals surface area contributed by atoms with Gasteiger partial charge in [0, 0.05) is 55.2 Å². The van der Waals surface area contributed by atoms with Gasteiger partial charge in [0.15, 0.2) is 0 Å². The summed E-state index contributed by atoms with van der Waals surface area (Å²) in [5, 5.41) is 10.3. The normalized spacial score (nSPS) is 23.7. The van der Waals surface area contributed by atoms with Gasteiger partial charge in [-0.1, -0.05) is 29.8 Å². The molecule has 2 aliphatic rings. The van der Waals surface area contributed by atoms with Gasteiger partial charge in [-0.05, 0) is 75.9 Å². The average molecular weight is 562 g/mol. The number of benzene rings is 2. The molecule has 0 radical (unpaired) electrons. The van der Waals surface area contributed by atoms with E-state index in [1.807, 2.05) is 16.7 Å². The van der Waals surface area contributed by atoms with E-state index in [4.69, 9.17) is 11.6 Å². The predicted octanol–water partition coefficient (Wildman–Crippen LogP) is 4.97. The second-order valence-corrected chi connectivity index (χ2v) is 12.4. The van der Waals surface area contributed by atoms with Crippen LogP contribution in [0.15, 0.2) is 36.4 Å². The zero-order valence-corrected chi connectivity index (χ0v) is 24.0. The number of carbonyl (C=O) groups excluding carboxylic acids is 1. The van der Waals surface area contributed by atoms with Crippen LogP contribution in [0.1, 0.15) is 50.3 Å². The monoisotopic (exact) mass is 561 g/mol. The molecule has 2 aromatic rings. The summed E-state index contributed by atoms with van der Waals surface area (Å²) in [6, 6.07) is 8.39. The maximum atomic E-state index is 15.0. The maximum absolute atomic E-state index is 15.0. The number of carbonyl (C=O) groups is 2. The number of halogens is 3. The van der Waals surface area contributed by atoms with Gasteiger partial charge in [-0.25, -0.2) is 8.78 Å². The Morgan fingerprint density at radius 1 is 1.05 bits per heavy atom. The number of nitrogens with zero attached hydrogens (tertiary/aromatic N) is 3. The second kappa shape index (κ2) is 11.5. The number of amides is 1. The van der Waals surface area contributed by atoms with Crippen molar-refractivity contribution in [2.24, 2.45) is 5.92 Å². The molecule has 2 aromatic carbocycles. The highest BCUT2D eigenvalue weighted by Crippen LogP contribution is 2.39. The van der Waals surface area contributed by atoms with Crippen LogP contribution in [0.5, 0.6) is 0 Å². The summed E-state index contributed by atoms with van der Waals surface area (Å²) in [6.07, 6.45) is 0.175. The highest BCUT2D eigenvalue weighted by molar-refractivity contribution is 6.30. The Balaban J connectivity index is 1.51. The topological polar surface area (TPSA) is 64.1 Å². The molecule has 0 saturated carbocycles. The smallest absolute Gasteiger partial charge is 0.321 e. The van der Waals surface area contributed by atoms with Crippen LogP contribution in [0, 0.1) is 24.5 Å². The quantitative estimate of drug-likeness (QED) is 0.539. The Labute approximate surface area is 234 Å². The van der Waals surface area contributed by atoms with Crippen LogP contribution in [-0.2, 0) is 16.0 Å². The van der Waals surface area contributed by atoms with Gasteiger partial charge < -0.3 is 10.0 Å². The van der Waals surface area contributed by atoms with Crippen LogP contribution >= 0.6 is 11.6 Å². The molecule has 1 N–H and O–H groups in total. The second-order valence-electron chi connectivity index (χ2n) is 12.0. The Morgan fingerprint density at radius 2 is 1.77 bits per heavy atom. The molecule has 4 rings (SSSR count). The molecule has 39 heavy (non-hydrogen) atoms. The zero-order chi connectivity index (χ0) is 28.6. The summed E-state index contributed by atoms with van der Waals surface area (Å²) in [5.41, 5.74) is 1.44. The maximum Gasteiger partial charge on any atom is 0.321 e. The van der Waals surface area contributed by atoms with E-state index in [0.717, 1.165) is 0 Å². The first-order chi connectivity index (χ1) is 18.3. The molecule has 1 amide bonds. The first-order valence-electron chi connectivity index (χ1n) is 13.5. The first-order valence-corrected chi connectivity index (χ1v) is 13.9. The van der Waals surface area contributed by atoms with Gasteiger partial charge in [0.05, 0.1) is 5.92 Å². The fourth-order valence-electron chi connectivity index (χ4n) is 5.89. The summed E-state index contributed by atoms with van der Waals surface area (Å²) in [4.78, 5) is 32.1.